The van der Waals surface area contributed by atoms with Crippen LogP contribution in [0.15, 0.2) is 23.9 Å². The first-order chi connectivity index (χ1) is 13.0. The lowest BCUT2D eigenvalue weighted by molar-refractivity contribution is -0.137. The van der Waals surface area contributed by atoms with Crippen molar-refractivity contribution in [3.05, 3.63) is 39.5 Å². The molecule has 2 heterocycles. The van der Waals surface area contributed by atoms with Gasteiger partial charge in [0.2, 0.25) is 0 Å². The molecule has 4 nitrogen and oxygen atoms in total. The van der Waals surface area contributed by atoms with Gasteiger partial charge in [0, 0.05) is 30.2 Å². The van der Waals surface area contributed by atoms with E-state index in [2.05, 4.69) is 11.8 Å². The second-order valence-corrected chi connectivity index (χ2v) is 8.06. The van der Waals surface area contributed by atoms with Crippen LogP contribution in [0.25, 0.3) is 5.57 Å². The van der Waals surface area contributed by atoms with Gasteiger partial charge in [-0.05, 0) is 37.8 Å². The molecular formula is C21H26Cl2N2O2. The zero-order valence-electron chi connectivity index (χ0n) is 15.8. The number of unbranched alkanes of at least 4 members (excludes halogenated alkanes) is 3. The molecule has 2 aliphatic heterocycles. The summed E-state index contributed by atoms with van der Waals surface area (Å²) in [4.78, 5) is 29.8. The van der Waals surface area contributed by atoms with Crippen molar-refractivity contribution < 1.29 is 9.59 Å². The highest BCUT2D eigenvalue weighted by Crippen LogP contribution is 2.37. The van der Waals surface area contributed by atoms with Crippen molar-refractivity contribution in [1.82, 2.24) is 9.80 Å². The van der Waals surface area contributed by atoms with E-state index in [1.165, 1.54) is 4.90 Å². The summed E-state index contributed by atoms with van der Waals surface area (Å²) >= 11 is 12.4. The quantitative estimate of drug-likeness (QED) is 0.463. The predicted molar refractivity (Wildman–Crippen MR) is 110 cm³/mol. The third kappa shape index (κ3) is 4.33. The highest BCUT2D eigenvalue weighted by molar-refractivity contribution is 6.41. The van der Waals surface area contributed by atoms with Crippen molar-refractivity contribution in [1.29, 1.82) is 0 Å². The number of hydrogen-bond donors (Lipinski definition) is 0. The molecule has 2 aliphatic rings. The van der Waals surface area contributed by atoms with Crippen LogP contribution in [0.2, 0.25) is 10.0 Å². The minimum absolute atomic E-state index is 0.181. The van der Waals surface area contributed by atoms with Crippen molar-refractivity contribution in [3.63, 3.8) is 0 Å². The molecule has 0 N–H and O–H groups in total. The number of piperidine rings is 1. The first-order valence-electron chi connectivity index (χ1n) is 9.85. The second-order valence-electron chi connectivity index (χ2n) is 7.22. The summed E-state index contributed by atoms with van der Waals surface area (Å²) in [5.41, 5.74) is 1.54. The SMILES string of the molecule is CCCCCCN1C(=O)C(c2ccc(Cl)cc2Cl)=C(N2CCCCC2)C1=O. The summed E-state index contributed by atoms with van der Waals surface area (Å²) < 4.78 is 0. The van der Waals surface area contributed by atoms with Crippen LogP contribution >= 0.6 is 23.2 Å². The molecule has 0 atom stereocenters. The zero-order chi connectivity index (χ0) is 19.4. The standard InChI is InChI=1S/C21H26Cl2N2O2/c1-2-3-4-8-13-25-20(26)18(16-10-9-15(22)14-17(16)23)19(21(25)27)24-11-6-5-7-12-24/h9-10,14H,2-8,11-13H2,1H3. The number of nitrogens with zero attached hydrogens (tertiary/aromatic N) is 2. The van der Waals surface area contributed by atoms with Crippen LogP contribution in [0.4, 0.5) is 0 Å². The number of amides is 2. The van der Waals surface area contributed by atoms with E-state index in [0.29, 0.717) is 33.4 Å². The average Bonchev–Trinajstić information content (AvgIpc) is 2.90. The van der Waals surface area contributed by atoms with E-state index in [1.807, 2.05) is 0 Å². The first-order valence-corrected chi connectivity index (χ1v) is 10.6. The molecule has 0 radical (unpaired) electrons. The first kappa shape index (κ1) is 20.2. The Morgan fingerprint density at radius 2 is 1.70 bits per heavy atom. The monoisotopic (exact) mass is 408 g/mol. The molecule has 0 bridgehead atoms. The lowest BCUT2D eigenvalue weighted by atomic mass is 10.0. The molecule has 0 unspecified atom stereocenters. The van der Waals surface area contributed by atoms with Gasteiger partial charge < -0.3 is 4.90 Å². The van der Waals surface area contributed by atoms with Crippen LogP contribution in [0, 0.1) is 0 Å². The fraction of sp³-hybridized carbons (Fsp3) is 0.524. The molecule has 1 saturated heterocycles. The molecule has 0 aliphatic carbocycles. The maximum absolute atomic E-state index is 13.2. The Bertz CT molecular complexity index is 755. The highest BCUT2D eigenvalue weighted by Gasteiger charge is 2.42. The minimum Gasteiger partial charge on any atom is -0.366 e. The number of likely N-dealkylation sites (tertiary alicyclic amines) is 1. The summed E-state index contributed by atoms with van der Waals surface area (Å²) in [7, 11) is 0. The van der Waals surface area contributed by atoms with Crippen LogP contribution in [0.5, 0.6) is 0 Å². The summed E-state index contributed by atoms with van der Waals surface area (Å²) in [5, 5.41) is 0.915. The number of carbonyl (C=O) groups is 2. The maximum Gasteiger partial charge on any atom is 0.277 e. The molecule has 6 heteroatoms. The van der Waals surface area contributed by atoms with Crippen molar-refractivity contribution in [2.24, 2.45) is 0 Å². The van der Waals surface area contributed by atoms with Gasteiger partial charge in [-0.3, -0.25) is 14.5 Å². The van der Waals surface area contributed by atoms with Gasteiger partial charge in [0.1, 0.15) is 5.70 Å². The van der Waals surface area contributed by atoms with E-state index in [9.17, 15) is 9.59 Å². The van der Waals surface area contributed by atoms with Crippen molar-refractivity contribution in [2.75, 3.05) is 19.6 Å². The van der Waals surface area contributed by atoms with Gasteiger partial charge >= 0.3 is 0 Å². The lowest BCUT2D eigenvalue weighted by Crippen LogP contribution is -2.37. The minimum atomic E-state index is -0.235. The van der Waals surface area contributed by atoms with E-state index in [4.69, 9.17) is 23.2 Å². The largest absolute Gasteiger partial charge is 0.366 e. The third-order valence-corrected chi connectivity index (χ3v) is 5.80. The number of halogens is 2. The molecule has 0 saturated carbocycles. The molecule has 2 amide bonds. The van der Waals surface area contributed by atoms with E-state index in [1.54, 1.807) is 18.2 Å². The third-order valence-electron chi connectivity index (χ3n) is 5.25. The summed E-state index contributed by atoms with van der Waals surface area (Å²) in [6.07, 6.45) is 7.29. The van der Waals surface area contributed by atoms with E-state index < -0.39 is 0 Å². The molecular weight excluding hydrogens is 383 g/mol. The summed E-state index contributed by atoms with van der Waals surface area (Å²) in [6.45, 7) is 4.20. The summed E-state index contributed by atoms with van der Waals surface area (Å²) in [6, 6.07) is 5.09. The van der Waals surface area contributed by atoms with Gasteiger partial charge in [0.05, 0.1) is 10.6 Å². The van der Waals surface area contributed by atoms with Crippen LogP contribution in [-0.2, 0) is 9.59 Å². The molecule has 0 aromatic heterocycles. The second kappa shape index (κ2) is 9.11. The Hall–Kier alpha value is -1.52. The normalized spacial score (nSPS) is 18.0. The Balaban J connectivity index is 1.95. The summed E-state index contributed by atoms with van der Waals surface area (Å²) in [5.74, 6) is -0.416. The smallest absolute Gasteiger partial charge is 0.277 e. The fourth-order valence-corrected chi connectivity index (χ4v) is 4.31. The van der Waals surface area contributed by atoms with Gasteiger partial charge in [-0.15, -0.1) is 0 Å². The Morgan fingerprint density at radius 3 is 2.37 bits per heavy atom. The number of carbonyl (C=O) groups excluding carboxylic acids is 2. The Morgan fingerprint density at radius 1 is 0.963 bits per heavy atom. The molecule has 1 fully saturated rings. The van der Waals surface area contributed by atoms with E-state index in [-0.39, 0.29) is 11.8 Å². The average molecular weight is 409 g/mol. The van der Waals surface area contributed by atoms with Crippen molar-refractivity contribution in [2.45, 2.75) is 51.9 Å². The highest BCUT2D eigenvalue weighted by atomic mass is 35.5. The number of hydrogen-bond acceptors (Lipinski definition) is 3. The molecule has 3 rings (SSSR count). The number of imide groups is 1. The van der Waals surface area contributed by atoms with Gasteiger partial charge in [-0.2, -0.15) is 0 Å². The predicted octanol–water partition coefficient (Wildman–Crippen LogP) is 5.14. The Labute approximate surface area is 171 Å². The maximum atomic E-state index is 13.2. The van der Waals surface area contributed by atoms with Gasteiger partial charge in [0.15, 0.2) is 0 Å². The molecule has 27 heavy (non-hydrogen) atoms. The van der Waals surface area contributed by atoms with Gasteiger partial charge in [-0.25, -0.2) is 0 Å². The fourth-order valence-electron chi connectivity index (χ4n) is 3.81. The Kier molecular flexibility index (Phi) is 6.83. The molecule has 146 valence electrons. The van der Waals surface area contributed by atoms with Crippen molar-refractivity contribution in [3.8, 4) is 0 Å². The van der Waals surface area contributed by atoms with Crippen LogP contribution in [0.1, 0.15) is 57.4 Å². The van der Waals surface area contributed by atoms with Crippen molar-refractivity contribution >= 4 is 40.6 Å². The number of rotatable bonds is 7. The van der Waals surface area contributed by atoms with Crippen LogP contribution < -0.4 is 0 Å². The van der Waals surface area contributed by atoms with E-state index >= 15 is 0 Å². The lowest BCUT2D eigenvalue weighted by Gasteiger charge is -2.29. The molecule has 1 aromatic rings. The van der Waals surface area contributed by atoms with Crippen LogP contribution in [-0.4, -0.2) is 41.2 Å². The molecule has 1 aromatic carbocycles. The molecule has 0 spiro atoms. The van der Waals surface area contributed by atoms with Gasteiger partial charge in [-0.1, -0.05) is 55.5 Å². The topological polar surface area (TPSA) is 40.6 Å². The number of benzene rings is 1. The van der Waals surface area contributed by atoms with Gasteiger partial charge in [0.25, 0.3) is 11.8 Å². The van der Waals surface area contributed by atoms with Crippen LogP contribution in [0.3, 0.4) is 0 Å². The zero-order valence-corrected chi connectivity index (χ0v) is 17.3. The van der Waals surface area contributed by atoms with E-state index in [0.717, 1.165) is 58.0 Å².